The molecule has 8 heteroatoms. The Morgan fingerprint density at radius 3 is 2.08 bits per heavy atom. The number of aliphatic hydroxyl groups excluding tert-OH is 1. The number of hydrogen-bond acceptors (Lipinski definition) is 7. The van der Waals surface area contributed by atoms with Crippen LogP contribution in [0, 0.1) is 16.7 Å². The summed E-state index contributed by atoms with van der Waals surface area (Å²) in [6.07, 6.45) is -0.696. The summed E-state index contributed by atoms with van der Waals surface area (Å²) in [6.45, 7) is 7.65. The second-order valence-electron chi connectivity index (χ2n) is 6.99. The van der Waals surface area contributed by atoms with Crippen LogP contribution in [0.4, 0.5) is 0 Å². The van der Waals surface area contributed by atoms with Crippen molar-refractivity contribution in [2.45, 2.75) is 47.1 Å². The number of aliphatic hydroxyl groups is 1. The normalized spacial score (nSPS) is 16.4. The van der Waals surface area contributed by atoms with Gasteiger partial charge >= 0.3 is 11.9 Å². The highest BCUT2D eigenvalue weighted by atomic mass is 16.6. The van der Waals surface area contributed by atoms with Gasteiger partial charge in [-0.25, -0.2) is 0 Å². The van der Waals surface area contributed by atoms with Crippen LogP contribution in [0.2, 0.25) is 0 Å². The second kappa shape index (κ2) is 9.72. The van der Waals surface area contributed by atoms with Gasteiger partial charge in [0, 0.05) is 13.0 Å². The molecule has 1 amide bonds. The van der Waals surface area contributed by atoms with Gasteiger partial charge in [0.15, 0.2) is 0 Å². The fourth-order valence-corrected chi connectivity index (χ4v) is 2.28. The molecule has 0 spiro atoms. The van der Waals surface area contributed by atoms with Gasteiger partial charge in [0.1, 0.15) is 12.7 Å². The van der Waals surface area contributed by atoms with Crippen LogP contribution in [0.3, 0.4) is 0 Å². The lowest BCUT2D eigenvalue weighted by atomic mass is 9.62. The Balaban J connectivity index is 5.63. The number of esters is 2. The molecule has 0 fully saturated rings. The van der Waals surface area contributed by atoms with Gasteiger partial charge in [-0.05, 0) is 34.1 Å². The van der Waals surface area contributed by atoms with Crippen molar-refractivity contribution in [1.29, 1.82) is 0 Å². The Morgan fingerprint density at radius 1 is 1.08 bits per heavy atom. The van der Waals surface area contributed by atoms with Gasteiger partial charge in [0.05, 0.1) is 24.0 Å². The number of methoxy groups -OCH3 is 1. The predicted octanol–water partition coefficient (Wildman–Crippen LogP) is 0.644. The maximum atomic E-state index is 12.7. The van der Waals surface area contributed by atoms with Crippen LogP contribution in [-0.4, -0.2) is 56.0 Å². The summed E-state index contributed by atoms with van der Waals surface area (Å²) in [5.41, 5.74) is 2.65. The highest BCUT2D eigenvalue weighted by Crippen LogP contribution is 2.46. The molecular weight excluding hydrogens is 330 g/mol. The number of amides is 1. The minimum absolute atomic E-state index is 0.0176. The molecular formula is C17H31NO7. The third-order valence-electron chi connectivity index (χ3n) is 4.63. The van der Waals surface area contributed by atoms with E-state index >= 15 is 0 Å². The lowest BCUT2D eigenvalue weighted by molar-refractivity contribution is -0.183. The molecule has 0 heterocycles. The first-order chi connectivity index (χ1) is 11.4. The van der Waals surface area contributed by atoms with Crippen molar-refractivity contribution in [3.63, 3.8) is 0 Å². The van der Waals surface area contributed by atoms with Crippen LogP contribution in [-0.2, 0) is 28.6 Å². The molecule has 3 atom stereocenters. The van der Waals surface area contributed by atoms with Crippen LogP contribution in [0.15, 0.2) is 0 Å². The molecule has 25 heavy (non-hydrogen) atoms. The lowest BCUT2D eigenvalue weighted by Crippen LogP contribution is -2.51. The minimum Gasteiger partial charge on any atom is -0.463 e. The summed E-state index contributed by atoms with van der Waals surface area (Å²) in [5.74, 6) is -2.54. The van der Waals surface area contributed by atoms with Crippen molar-refractivity contribution in [3.05, 3.63) is 0 Å². The van der Waals surface area contributed by atoms with Crippen LogP contribution < -0.4 is 5.73 Å². The molecule has 0 aromatic rings. The molecule has 0 radical (unpaired) electrons. The smallest absolute Gasteiger partial charge is 0.313 e. The average molecular weight is 361 g/mol. The molecule has 146 valence electrons. The molecule has 0 rings (SSSR count). The second-order valence-corrected chi connectivity index (χ2v) is 6.99. The number of hydrogen-bond donors (Lipinski definition) is 2. The molecule has 0 aromatic heterocycles. The lowest BCUT2D eigenvalue weighted by Gasteiger charge is -2.41. The summed E-state index contributed by atoms with van der Waals surface area (Å²) < 4.78 is 15.3. The number of nitrogens with two attached hydrogens (primary N) is 1. The molecule has 0 aliphatic heterocycles. The first kappa shape index (κ1) is 23.3. The maximum Gasteiger partial charge on any atom is 0.313 e. The summed E-state index contributed by atoms with van der Waals surface area (Å²) in [7, 11) is 1.47. The Kier molecular flexibility index (Phi) is 9.07. The minimum atomic E-state index is -1.36. The average Bonchev–Trinajstić information content (AvgIpc) is 2.53. The standard InChI is InChI=1S/C17H31NO7/c1-11(13(18)20)9-17(5,15(22)24-8-7-23-6)16(3,4)14(21)25-12(2)10-19/h11-12,19H,7-10H2,1-6H3,(H2,18,20). The maximum absolute atomic E-state index is 12.7. The van der Waals surface area contributed by atoms with Gasteiger partial charge < -0.3 is 25.1 Å². The fourth-order valence-electron chi connectivity index (χ4n) is 2.28. The van der Waals surface area contributed by atoms with Gasteiger partial charge in [-0.1, -0.05) is 6.92 Å². The molecule has 0 bridgehead atoms. The quantitative estimate of drug-likeness (QED) is 0.409. The summed E-state index contributed by atoms with van der Waals surface area (Å²) >= 11 is 0. The van der Waals surface area contributed by atoms with Gasteiger partial charge in [-0.3, -0.25) is 14.4 Å². The molecule has 0 saturated heterocycles. The van der Waals surface area contributed by atoms with Crippen LogP contribution >= 0.6 is 0 Å². The first-order valence-electron chi connectivity index (χ1n) is 8.21. The largest absolute Gasteiger partial charge is 0.463 e. The Labute approximate surface area is 149 Å². The van der Waals surface area contributed by atoms with E-state index in [9.17, 15) is 14.4 Å². The van der Waals surface area contributed by atoms with Crippen molar-refractivity contribution in [3.8, 4) is 0 Å². The molecule has 0 saturated carbocycles. The Bertz CT molecular complexity index is 478. The summed E-state index contributed by atoms with van der Waals surface area (Å²) in [5, 5.41) is 9.08. The zero-order chi connectivity index (χ0) is 19.8. The highest BCUT2D eigenvalue weighted by Gasteiger charge is 2.55. The van der Waals surface area contributed by atoms with Crippen LogP contribution in [0.25, 0.3) is 0 Å². The zero-order valence-electron chi connectivity index (χ0n) is 16.0. The van der Waals surface area contributed by atoms with E-state index in [0.717, 1.165) is 0 Å². The molecule has 0 aliphatic rings. The number of primary amides is 1. The van der Waals surface area contributed by atoms with E-state index in [0.29, 0.717) is 0 Å². The highest BCUT2D eigenvalue weighted by molar-refractivity contribution is 5.88. The molecule has 3 N–H and O–H groups in total. The van der Waals surface area contributed by atoms with E-state index in [1.165, 1.54) is 14.0 Å². The van der Waals surface area contributed by atoms with Crippen molar-refractivity contribution in [2.24, 2.45) is 22.5 Å². The van der Waals surface area contributed by atoms with E-state index in [1.54, 1.807) is 27.7 Å². The Hall–Kier alpha value is -1.67. The molecule has 8 nitrogen and oxygen atoms in total. The molecule has 3 unspecified atom stereocenters. The number of rotatable bonds is 11. The van der Waals surface area contributed by atoms with Crippen molar-refractivity contribution in [1.82, 2.24) is 0 Å². The van der Waals surface area contributed by atoms with E-state index in [4.69, 9.17) is 25.1 Å². The summed E-state index contributed by atoms with van der Waals surface area (Å²) in [4.78, 5) is 36.8. The van der Waals surface area contributed by atoms with Gasteiger partial charge in [0.25, 0.3) is 0 Å². The number of ether oxygens (including phenoxy) is 3. The first-order valence-corrected chi connectivity index (χ1v) is 8.21. The predicted molar refractivity (Wildman–Crippen MR) is 90.3 cm³/mol. The number of carbonyl (C=O) groups excluding carboxylic acids is 3. The zero-order valence-corrected chi connectivity index (χ0v) is 16.0. The van der Waals surface area contributed by atoms with Crippen molar-refractivity contribution in [2.75, 3.05) is 26.9 Å². The van der Waals surface area contributed by atoms with E-state index in [2.05, 4.69) is 0 Å². The van der Waals surface area contributed by atoms with E-state index in [-0.39, 0.29) is 26.2 Å². The topological polar surface area (TPSA) is 125 Å². The van der Waals surface area contributed by atoms with Crippen LogP contribution in [0.1, 0.15) is 41.0 Å². The van der Waals surface area contributed by atoms with Gasteiger partial charge in [-0.15, -0.1) is 0 Å². The third kappa shape index (κ3) is 5.97. The monoisotopic (exact) mass is 361 g/mol. The van der Waals surface area contributed by atoms with E-state index in [1.807, 2.05) is 0 Å². The van der Waals surface area contributed by atoms with Crippen molar-refractivity contribution < 1.29 is 33.7 Å². The fraction of sp³-hybridized carbons (Fsp3) is 0.824. The van der Waals surface area contributed by atoms with Gasteiger partial charge in [0.2, 0.25) is 5.91 Å². The van der Waals surface area contributed by atoms with Crippen molar-refractivity contribution >= 4 is 17.8 Å². The molecule has 0 aliphatic carbocycles. The Morgan fingerprint density at radius 2 is 1.64 bits per heavy atom. The van der Waals surface area contributed by atoms with Gasteiger partial charge in [-0.2, -0.15) is 0 Å². The molecule has 0 aromatic carbocycles. The third-order valence-corrected chi connectivity index (χ3v) is 4.63. The summed E-state index contributed by atoms with van der Waals surface area (Å²) in [6, 6.07) is 0. The van der Waals surface area contributed by atoms with E-state index < -0.39 is 40.7 Å². The van der Waals surface area contributed by atoms with Crippen LogP contribution in [0.5, 0.6) is 0 Å². The number of carbonyl (C=O) groups is 3. The SMILES string of the molecule is COCCOC(=O)C(C)(CC(C)C(N)=O)C(C)(C)C(=O)OC(C)CO.